The minimum atomic E-state index is 0.354. The van der Waals surface area contributed by atoms with E-state index in [9.17, 15) is 0 Å². The third-order valence-corrected chi connectivity index (χ3v) is 5.22. The number of thiophene rings is 1. The lowest BCUT2D eigenvalue weighted by Gasteiger charge is -2.34. The summed E-state index contributed by atoms with van der Waals surface area (Å²) in [5, 5.41) is 2.15. The second-order valence-electron chi connectivity index (χ2n) is 6.15. The molecule has 3 aromatic rings. The van der Waals surface area contributed by atoms with Gasteiger partial charge in [-0.1, -0.05) is 12.1 Å². The Morgan fingerprint density at radius 1 is 1.17 bits per heavy atom. The van der Waals surface area contributed by atoms with Crippen molar-refractivity contribution in [3.63, 3.8) is 0 Å². The summed E-state index contributed by atoms with van der Waals surface area (Å²) >= 11 is 1.83. The topological polar surface area (TPSA) is 30.3 Å². The molecule has 1 aliphatic heterocycles. The average Bonchev–Trinajstić information content (AvgIpc) is 3.27. The molecule has 0 saturated heterocycles. The molecule has 1 atom stereocenters. The molecule has 0 saturated carbocycles. The molecule has 0 N–H and O–H groups in total. The quantitative estimate of drug-likeness (QED) is 0.686. The second kappa shape index (κ2) is 7.30. The fraction of sp³-hybridized carbons (Fsp3) is 0.316. The Labute approximate surface area is 146 Å². The Hall–Kier alpha value is -1.95. The lowest BCUT2D eigenvalue weighted by atomic mass is 10.2. The smallest absolute Gasteiger partial charge is 0.0888 e. The van der Waals surface area contributed by atoms with Crippen molar-refractivity contribution in [1.29, 1.82) is 0 Å². The van der Waals surface area contributed by atoms with Gasteiger partial charge >= 0.3 is 0 Å². The van der Waals surface area contributed by atoms with Crippen molar-refractivity contribution in [2.45, 2.75) is 25.7 Å². The van der Waals surface area contributed by atoms with Gasteiger partial charge in [-0.25, -0.2) is 0 Å². The Morgan fingerprint density at radius 3 is 3.00 bits per heavy atom. The van der Waals surface area contributed by atoms with Gasteiger partial charge in [0.15, 0.2) is 0 Å². The van der Waals surface area contributed by atoms with Crippen molar-refractivity contribution >= 4 is 11.3 Å². The number of rotatable bonds is 6. The zero-order valence-electron chi connectivity index (χ0n) is 13.5. The van der Waals surface area contributed by atoms with E-state index in [1.807, 2.05) is 35.7 Å². The first-order valence-corrected chi connectivity index (χ1v) is 9.14. The number of fused-ring (bicyclic) bond motifs is 1. The summed E-state index contributed by atoms with van der Waals surface area (Å²) in [5.74, 6) is 0. The van der Waals surface area contributed by atoms with Crippen LogP contribution in [0, 0.1) is 0 Å². The third kappa shape index (κ3) is 3.59. The number of pyridine rings is 1. The Kier molecular flexibility index (Phi) is 4.74. The van der Waals surface area contributed by atoms with E-state index < -0.39 is 0 Å². The molecule has 0 bridgehead atoms. The molecule has 4 nitrogen and oxygen atoms in total. The zero-order chi connectivity index (χ0) is 16.2. The van der Waals surface area contributed by atoms with Crippen molar-refractivity contribution in [2.75, 3.05) is 13.2 Å². The number of nitrogens with zero attached hydrogens (tertiary/aromatic N) is 3. The Balaban J connectivity index is 1.40. The highest BCUT2D eigenvalue weighted by molar-refractivity contribution is 7.09. The summed E-state index contributed by atoms with van der Waals surface area (Å²) in [6.45, 7) is 4.31. The van der Waals surface area contributed by atoms with E-state index in [0.29, 0.717) is 19.3 Å². The summed E-state index contributed by atoms with van der Waals surface area (Å²) < 4.78 is 8.33. The summed E-state index contributed by atoms with van der Waals surface area (Å²) in [5.41, 5.74) is 2.35. The van der Waals surface area contributed by atoms with Gasteiger partial charge in [-0.15, -0.1) is 11.3 Å². The van der Waals surface area contributed by atoms with Crippen LogP contribution in [-0.4, -0.2) is 27.6 Å². The van der Waals surface area contributed by atoms with E-state index in [1.165, 1.54) is 10.6 Å². The van der Waals surface area contributed by atoms with Gasteiger partial charge in [0.2, 0.25) is 0 Å². The molecule has 5 heteroatoms. The SMILES string of the molecule is c1ccc(COC[C@H]2CN(Cc3cccs3)Cc3cccn32)nc1. The number of hydrogen-bond acceptors (Lipinski definition) is 4. The summed E-state index contributed by atoms with van der Waals surface area (Å²) in [4.78, 5) is 8.25. The average molecular weight is 339 g/mol. The molecule has 1 aliphatic rings. The minimum Gasteiger partial charge on any atom is -0.373 e. The Morgan fingerprint density at radius 2 is 2.17 bits per heavy atom. The highest BCUT2D eigenvalue weighted by atomic mass is 32.1. The van der Waals surface area contributed by atoms with Crippen LogP contribution in [0.3, 0.4) is 0 Å². The van der Waals surface area contributed by atoms with Crippen molar-refractivity contribution < 1.29 is 4.74 Å². The lowest BCUT2D eigenvalue weighted by Crippen LogP contribution is -2.38. The van der Waals surface area contributed by atoms with Crippen LogP contribution in [0.5, 0.6) is 0 Å². The van der Waals surface area contributed by atoms with E-state index in [2.05, 4.69) is 50.3 Å². The largest absolute Gasteiger partial charge is 0.373 e. The predicted molar refractivity (Wildman–Crippen MR) is 95.8 cm³/mol. The molecule has 0 unspecified atom stereocenters. The lowest BCUT2D eigenvalue weighted by molar-refractivity contribution is 0.0576. The van der Waals surface area contributed by atoms with Crippen molar-refractivity contribution in [3.8, 4) is 0 Å². The highest BCUT2D eigenvalue weighted by Gasteiger charge is 2.24. The van der Waals surface area contributed by atoms with Crippen molar-refractivity contribution in [3.05, 3.63) is 76.5 Å². The molecule has 0 amide bonds. The molecule has 0 aliphatic carbocycles. The number of ether oxygens (including phenoxy) is 1. The van der Waals surface area contributed by atoms with Crippen LogP contribution in [0.1, 0.15) is 22.3 Å². The Bertz CT molecular complexity index is 754. The number of hydrogen-bond donors (Lipinski definition) is 0. The van der Waals surface area contributed by atoms with Gasteiger partial charge in [0.05, 0.1) is 24.9 Å². The van der Waals surface area contributed by atoms with Crippen LogP contribution in [0.2, 0.25) is 0 Å². The van der Waals surface area contributed by atoms with Crippen LogP contribution < -0.4 is 0 Å². The van der Waals surface area contributed by atoms with Crippen LogP contribution >= 0.6 is 11.3 Å². The molecule has 124 valence electrons. The molecule has 0 aromatic carbocycles. The maximum Gasteiger partial charge on any atom is 0.0888 e. The molecule has 3 aromatic heterocycles. The van der Waals surface area contributed by atoms with Gasteiger partial charge in [-0.05, 0) is 35.7 Å². The first kappa shape index (κ1) is 15.6. The second-order valence-corrected chi connectivity index (χ2v) is 7.18. The predicted octanol–water partition coefficient (Wildman–Crippen LogP) is 3.72. The van der Waals surface area contributed by atoms with Crippen LogP contribution in [0.4, 0.5) is 0 Å². The van der Waals surface area contributed by atoms with Crippen molar-refractivity contribution in [1.82, 2.24) is 14.5 Å². The molecular formula is C19H21N3OS. The van der Waals surface area contributed by atoms with E-state index in [-0.39, 0.29) is 0 Å². The maximum atomic E-state index is 5.96. The summed E-state index contributed by atoms with van der Waals surface area (Å²) in [6.07, 6.45) is 3.98. The van der Waals surface area contributed by atoms with Crippen LogP contribution in [-0.2, 0) is 24.4 Å². The first-order valence-electron chi connectivity index (χ1n) is 8.26. The van der Waals surface area contributed by atoms with Gasteiger partial charge in [-0.3, -0.25) is 9.88 Å². The van der Waals surface area contributed by atoms with E-state index in [4.69, 9.17) is 4.74 Å². The minimum absolute atomic E-state index is 0.354. The first-order chi connectivity index (χ1) is 11.9. The number of aromatic nitrogens is 2. The molecule has 0 spiro atoms. The maximum absolute atomic E-state index is 5.96. The van der Waals surface area contributed by atoms with E-state index in [0.717, 1.165) is 25.3 Å². The van der Waals surface area contributed by atoms with Crippen LogP contribution in [0.15, 0.2) is 60.2 Å². The van der Waals surface area contributed by atoms with Gasteiger partial charge < -0.3 is 9.30 Å². The molecule has 0 radical (unpaired) electrons. The normalized spacial score (nSPS) is 17.8. The van der Waals surface area contributed by atoms with Crippen molar-refractivity contribution in [2.24, 2.45) is 0 Å². The monoisotopic (exact) mass is 339 g/mol. The van der Waals surface area contributed by atoms with Gasteiger partial charge in [0.1, 0.15) is 0 Å². The fourth-order valence-corrected chi connectivity index (χ4v) is 4.00. The highest BCUT2D eigenvalue weighted by Crippen LogP contribution is 2.25. The third-order valence-electron chi connectivity index (χ3n) is 4.36. The standard InChI is InChI=1S/C19H21N3OS/c1-2-8-20-16(5-1)14-23-15-18-12-21(13-19-7-4-10-24-19)11-17-6-3-9-22(17)18/h1-10,18H,11-15H2/t18-/m1/s1. The zero-order valence-corrected chi connectivity index (χ0v) is 14.4. The van der Waals surface area contributed by atoms with E-state index >= 15 is 0 Å². The van der Waals surface area contributed by atoms with Crippen LogP contribution in [0.25, 0.3) is 0 Å². The summed E-state index contributed by atoms with van der Waals surface area (Å²) in [6, 6.07) is 15.0. The van der Waals surface area contributed by atoms with Gasteiger partial charge in [0, 0.05) is 42.6 Å². The molecular weight excluding hydrogens is 318 g/mol. The van der Waals surface area contributed by atoms with Gasteiger partial charge in [-0.2, -0.15) is 0 Å². The molecule has 0 fully saturated rings. The van der Waals surface area contributed by atoms with Gasteiger partial charge in [0.25, 0.3) is 0 Å². The molecule has 4 rings (SSSR count). The fourth-order valence-electron chi connectivity index (χ4n) is 3.26. The molecule has 24 heavy (non-hydrogen) atoms. The molecule has 4 heterocycles. The van der Waals surface area contributed by atoms with E-state index in [1.54, 1.807) is 0 Å². The summed E-state index contributed by atoms with van der Waals surface area (Å²) in [7, 11) is 0.